The summed E-state index contributed by atoms with van der Waals surface area (Å²) in [7, 11) is 0. The van der Waals surface area contributed by atoms with Gasteiger partial charge >= 0.3 is 0 Å². The lowest BCUT2D eigenvalue weighted by Crippen LogP contribution is -2.60. The number of carbonyl (C=O) groups excluding carboxylic acids is 1. The van der Waals surface area contributed by atoms with Gasteiger partial charge in [0.15, 0.2) is 0 Å². The number of amides is 1. The van der Waals surface area contributed by atoms with E-state index in [1.165, 1.54) is 0 Å². The highest BCUT2D eigenvalue weighted by molar-refractivity contribution is 5.85. The van der Waals surface area contributed by atoms with Crippen LogP contribution >= 0.6 is 0 Å². The predicted octanol–water partition coefficient (Wildman–Crippen LogP) is 1.45. The maximum absolute atomic E-state index is 12.5. The molecule has 2 heterocycles. The molecule has 1 aromatic rings. The maximum Gasteiger partial charge on any atom is 0.240 e. The fourth-order valence-corrected chi connectivity index (χ4v) is 2.50. The molecule has 1 unspecified atom stereocenters. The summed E-state index contributed by atoms with van der Waals surface area (Å²) in [5, 5.41) is 6.36. The van der Waals surface area contributed by atoms with E-state index in [4.69, 9.17) is 4.42 Å². The highest BCUT2D eigenvalue weighted by atomic mass is 16.3. The maximum atomic E-state index is 12.5. The molecule has 0 radical (unpaired) electrons. The second kappa shape index (κ2) is 5.97. The van der Waals surface area contributed by atoms with Gasteiger partial charge in [0.1, 0.15) is 11.5 Å². The highest BCUT2D eigenvalue weighted by Gasteiger charge is 2.35. The third-order valence-corrected chi connectivity index (χ3v) is 4.00. The van der Waals surface area contributed by atoms with Crippen LogP contribution < -0.4 is 10.6 Å². The molecule has 5 nitrogen and oxygen atoms in total. The Labute approximate surface area is 120 Å². The number of nitrogens with one attached hydrogen (secondary N) is 2. The van der Waals surface area contributed by atoms with Gasteiger partial charge in [-0.05, 0) is 39.8 Å². The van der Waals surface area contributed by atoms with Gasteiger partial charge in [-0.3, -0.25) is 9.69 Å². The van der Waals surface area contributed by atoms with Crippen molar-refractivity contribution in [2.24, 2.45) is 0 Å². The molecule has 1 aliphatic heterocycles. The zero-order valence-electron chi connectivity index (χ0n) is 12.8. The smallest absolute Gasteiger partial charge is 0.240 e. The van der Waals surface area contributed by atoms with Crippen molar-refractivity contribution in [2.75, 3.05) is 26.2 Å². The van der Waals surface area contributed by atoms with Crippen LogP contribution in [-0.2, 0) is 4.79 Å². The van der Waals surface area contributed by atoms with Crippen LogP contribution in [0.1, 0.15) is 38.3 Å². The van der Waals surface area contributed by atoms with E-state index in [-0.39, 0.29) is 11.9 Å². The van der Waals surface area contributed by atoms with Gasteiger partial charge in [-0.2, -0.15) is 0 Å². The molecule has 0 aliphatic carbocycles. The van der Waals surface area contributed by atoms with Gasteiger partial charge in [0.05, 0.1) is 11.6 Å². The van der Waals surface area contributed by atoms with E-state index >= 15 is 0 Å². The monoisotopic (exact) mass is 279 g/mol. The molecule has 0 spiro atoms. The molecule has 0 saturated carbocycles. The number of piperazine rings is 1. The standard InChI is InChI=1S/C15H25N3O2/c1-11-5-6-13(20-11)12(2)17-14(19)15(3,4)18-9-7-16-8-10-18/h5-6,12,16H,7-10H2,1-4H3,(H,17,19). The second-order valence-electron chi connectivity index (χ2n) is 5.94. The van der Waals surface area contributed by atoms with E-state index in [0.717, 1.165) is 37.7 Å². The summed E-state index contributed by atoms with van der Waals surface area (Å²) in [5.74, 6) is 1.70. The lowest BCUT2D eigenvalue weighted by Gasteiger charge is -2.40. The Kier molecular flexibility index (Phi) is 4.50. The van der Waals surface area contributed by atoms with Crippen LogP contribution in [0.25, 0.3) is 0 Å². The number of aryl methyl sites for hydroxylation is 1. The van der Waals surface area contributed by atoms with Crippen molar-refractivity contribution >= 4 is 5.91 Å². The van der Waals surface area contributed by atoms with Crippen molar-refractivity contribution in [2.45, 2.75) is 39.3 Å². The highest BCUT2D eigenvalue weighted by Crippen LogP contribution is 2.20. The molecule has 1 saturated heterocycles. The fraction of sp³-hybridized carbons (Fsp3) is 0.667. The third kappa shape index (κ3) is 3.22. The van der Waals surface area contributed by atoms with Gasteiger partial charge in [0.2, 0.25) is 5.91 Å². The molecule has 2 N–H and O–H groups in total. The van der Waals surface area contributed by atoms with Gasteiger partial charge in [-0.1, -0.05) is 0 Å². The summed E-state index contributed by atoms with van der Waals surface area (Å²) in [6.07, 6.45) is 0. The first-order valence-corrected chi connectivity index (χ1v) is 7.24. The van der Waals surface area contributed by atoms with Crippen molar-refractivity contribution < 1.29 is 9.21 Å². The molecule has 1 fully saturated rings. The Hall–Kier alpha value is -1.33. The SMILES string of the molecule is Cc1ccc(C(C)NC(=O)C(C)(C)N2CCNCC2)o1. The summed E-state index contributed by atoms with van der Waals surface area (Å²) >= 11 is 0. The van der Waals surface area contributed by atoms with Crippen LogP contribution in [0.2, 0.25) is 0 Å². The number of nitrogens with zero attached hydrogens (tertiary/aromatic N) is 1. The lowest BCUT2D eigenvalue weighted by molar-refractivity contribution is -0.133. The predicted molar refractivity (Wildman–Crippen MR) is 78.5 cm³/mol. The van der Waals surface area contributed by atoms with Gasteiger partial charge in [-0.15, -0.1) is 0 Å². The largest absolute Gasteiger partial charge is 0.464 e. The van der Waals surface area contributed by atoms with Crippen LogP contribution in [0.15, 0.2) is 16.5 Å². The van der Waals surface area contributed by atoms with Crippen molar-refractivity contribution in [3.05, 3.63) is 23.7 Å². The average molecular weight is 279 g/mol. The fourth-order valence-electron chi connectivity index (χ4n) is 2.50. The molecule has 0 aromatic carbocycles. The number of furan rings is 1. The van der Waals surface area contributed by atoms with Gasteiger partial charge < -0.3 is 15.1 Å². The summed E-state index contributed by atoms with van der Waals surface area (Å²) in [4.78, 5) is 14.8. The number of rotatable bonds is 4. The number of hydrogen-bond acceptors (Lipinski definition) is 4. The molecule has 1 aliphatic rings. The van der Waals surface area contributed by atoms with Crippen LogP contribution in [0.4, 0.5) is 0 Å². The van der Waals surface area contributed by atoms with Crippen molar-refractivity contribution in [3.8, 4) is 0 Å². The molecular weight excluding hydrogens is 254 g/mol. The Morgan fingerprint density at radius 3 is 2.60 bits per heavy atom. The van der Waals surface area contributed by atoms with E-state index in [0.29, 0.717) is 0 Å². The van der Waals surface area contributed by atoms with E-state index in [9.17, 15) is 4.79 Å². The summed E-state index contributed by atoms with van der Waals surface area (Å²) < 4.78 is 5.57. The first kappa shape index (κ1) is 15.1. The van der Waals surface area contributed by atoms with Gasteiger partial charge in [0, 0.05) is 26.2 Å². The van der Waals surface area contributed by atoms with E-state index in [2.05, 4.69) is 15.5 Å². The molecule has 0 bridgehead atoms. The van der Waals surface area contributed by atoms with E-state index < -0.39 is 5.54 Å². The van der Waals surface area contributed by atoms with Gasteiger partial charge in [-0.25, -0.2) is 0 Å². The summed E-state index contributed by atoms with van der Waals surface area (Å²) in [6.45, 7) is 11.5. The van der Waals surface area contributed by atoms with Crippen molar-refractivity contribution in [1.82, 2.24) is 15.5 Å². The molecule has 20 heavy (non-hydrogen) atoms. The van der Waals surface area contributed by atoms with Crippen molar-refractivity contribution in [3.63, 3.8) is 0 Å². The molecule has 1 amide bonds. The average Bonchev–Trinajstić information content (AvgIpc) is 2.86. The minimum atomic E-state index is -0.502. The van der Waals surface area contributed by atoms with Crippen LogP contribution in [0.3, 0.4) is 0 Å². The second-order valence-corrected chi connectivity index (χ2v) is 5.94. The Morgan fingerprint density at radius 2 is 2.05 bits per heavy atom. The summed E-state index contributed by atoms with van der Waals surface area (Å²) in [6, 6.07) is 3.72. The molecule has 112 valence electrons. The van der Waals surface area contributed by atoms with Gasteiger partial charge in [0.25, 0.3) is 0 Å². The normalized spacial score (nSPS) is 18.8. The van der Waals surface area contributed by atoms with Crippen LogP contribution in [0, 0.1) is 6.92 Å². The number of carbonyl (C=O) groups is 1. The Morgan fingerprint density at radius 1 is 1.40 bits per heavy atom. The van der Waals surface area contributed by atoms with Crippen LogP contribution in [0.5, 0.6) is 0 Å². The molecule has 1 aromatic heterocycles. The Bertz CT molecular complexity index is 461. The van der Waals surface area contributed by atoms with Crippen molar-refractivity contribution in [1.29, 1.82) is 0 Å². The minimum absolute atomic E-state index is 0.0425. The lowest BCUT2D eigenvalue weighted by atomic mass is 10.00. The summed E-state index contributed by atoms with van der Waals surface area (Å²) in [5.41, 5.74) is -0.502. The Balaban J connectivity index is 1.99. The van der Waals surface area contributed by atoms with E-state index in [1.54, 1.807) is 0 Å². The van der Waals surface area contributed by atoms with Crippen LogP contribution in [-0.4, -0.2) is 42.5 Å². The molecule has 2 rings (SSSR count). The molecule has 5 heteroatoms. The first-order chi connectivity index (χ1) is 9.41. The zero-order chi connectivity index (χ0) is 14.8. The third-order valence-electron chi connectivity index (χ3n) is 4.00. The minimum Gasteiger partial charge on any atom is -0.464 e. The number of hydrogen-bond donors (Lipinski definition) is 2. The van der Waals surface area contributed by atoms with E-state index in [1.807, 2.05) is 39.8 Å². The zero-order valence-corrected chi connectivity index (χ0v) is 12.8. The first-order valence-electron chi connectivity index (χ1n) is 7.24. The topological polar surface area (TPSA) is 57.5 Å². The quantitative estimate of drug-likeness (QED) is 0.876. The molecular formula is C15H25N3O2. The molecule has 1 atom stereocenters.